The van der Waals surface area contributed by atoms with Gasteiger partial charge in [0.2, 0.25) is 11.1 Å². The highest BCUT2D eigenvalue weighted by Crippen LogP contribution is 2.38. The molecule has 10 rings (SSSR count). The fourth-order valence-corrected chi connectivity index (χ4v) is 11.9. The molecule has 0 unspecified atom stereocenters. The monoisotopic (exact) mass is 1200 g/mol. The smallest absolute Gasteiger partial charge is 0.318 e. The van der Waals surface area contributed by atoms with Gasteiger partial charge in [-0.1, -0.05) is 51.2 Å². The van der Waals surface area contributed by atoms with Crippen molar-refractivity contribution in [1.29, 1.82) is 10.5 Å². The van der Waals surface area contributed by atoms with Crippen LogP contribution in [0.4, 0.5) is 11.6 Å². The van der Waals surface area contributed by atoms with Gasteiger partial charge in [0, 0.05) is 112 Å². The lowest BCUT2D eigenvalue weighted by Crippen LogP contribution is -2.55. The summed E-state index contributed by atoms with van der Waals surface area (Å²) in [6.45, 7) is 17.5. The van der Waals surface area contributed by atoms with Gasteiger partial charge >= 0.3 is 12.0 Å². The van der Waals surface area contributed by atoms with Crippen molar-refractivity contribution in [2.45, 2.75) is 124 Å². The molecule has 4 aromatic rings. The van der Waals surface area contributed by atoms with Gasteiger partial charge in [0.25, 0.3) is 0 Å². The van der Waals surface area contributed by atoms with Gasteiger partial charge in [0.15, 0.2) is 0 Å². The molecule has 0 N–H and O–H groups in total. The molecule has 448 valence electrons. The number of nitriles is 2. The number of likely N-dealkylation sites (N-methyl/N-ethyl adjacent to an activating group) is 2. The zero-order chi connectivity index (χ0) is 57.6. The van der Waals surface area contributed by atoms with Crippen LogP contribution >= 0.6 is 34.8 Å². The number of aromatic nitrogens is 4. The summed E-state index contributed by atoms with van der Waals surface area (Å²) in [5, 5.41) is 19.6. The topological polar surface area (TPSA) is 193 Å². The Morgan fingerprint density at radius 1 is 0.651 bits per heavy atom. The van der Waals surface area contributed by atoms with Crippen LogP contribution in [0.3, 0.4) is 0 Å². The molecule has 8 heterocycles. The second-order valence-corrected chi connectivity index (χ2v) is 22.6. The number of piperidine rings is 1. The van der Waals surface area contributed by atoms with Gasteiger partial charge in [-0.05, 0) is 143 Å². The Morgan fingerprint density at radius 2 is 1.13 bits per heavy atom. The van der Waals surface area contributed by atoms with E-state index in [9.17, 15) is 20.1 Å². The van der Waals surface area contributed by atoms with Crippen molar-refractivity contribution in [2.75, 3.05) is 97.1 Å². The van der Waals surface area contributed by atoms with Crippen LogP contribution < -0.4 is 28.7 Å². The molecule has 0 aliphatic carbocycles. The Kier molecular flexibility index (Phi) is 25.0. The highest BCUT2D eigenvalue weighted by Gasteiger charge is 2.36. The van der Waals surface area contributed by atoms with E-state index in [1.165, 1.54) is 12.5 Å². The molecule has 0 saturated carbocycles. The minimum Gasteiger partial charge on any atom is -0.497 e. The Bertz CT molecular complexity index is 2960. The molecule has 22 heteroatoms. The second-order valence-electron chi connectivity index (χ2n) is 21.4. The number of hydrogen-bond acceptors (Lipinski definition) is 18. The first kappa shape index (κ1) is 65.9. The molecule has 6 aliphatic heterocycles. The first-order valence-corrected chi connectivity index (χ1v) is 28.9. The number of anilines is 2. The number of fused-ring (bicyclic) bond motifs is 2. The molecule has 19 nitrogen and oxygen atoms in total. The number of ether oxygens (including phenoxy) is 4. The van der Waals surface area contributed by atoms with E-state index in [1.807, 2.05) is 36.4 Å². The molecule has 4 saturated heterocycles. The van der Waals surface area contributed by atoms with Gasteiger partial charge in [-0.15, -0.1) is 0 Å². The minimum atomic E-state index is -0.509. The van der Waals surface area contributed by atoms with Crippen LogP contribution in [0.5, 0.6) is 23.5 Å². The zero-order valence-corrected chi connectivity index (χ0v) is 49.3. The SMILES string of the molecule is C.C.C=CC(=O)Cl.C=CC(=O)N1CCN(c2nc(OC[C@@H]3CCCN3C)nc3c2CN(Cc2cc(OC)ccc2Cl)C3)C[C@@H]1CC#N.COc1ccc(Cl)c(CN2Cc3nc(OC[C@@H]4CCCN4C)nc(N4CCC[C@@H](CC#N)C4)c3C2)c1. The molecule has 0 radical (unpaired) electrons. The van der Waals surface area contributed by atoms with Gasteiger partial charge in [-0.2, -0.15) is 30.5 Å². The maximum absolute atomic E-state index is 12.5. The predicted molar refractivity (Wildman–Crippen MR) is 326 cm³/mol. The van der Waals surface area contributed by atoms with Gasteiger partial charge in [0.05, 0.1) is 50.2 Å². The lowest BCUT2D eigenvalue weighted by Gasteiger charge is -2.41. The highest BCUT2D eigenvalue weighted by molar-refractivity contribution is 6.66. The van der Waals surface area contributed by atoms with E-state index in [2.05, 4.69) is 68.8 Å². The summed E-state index contributed by atoms with van der Waals surface area (Å²) in [4.78, 5) is 57.1. The van der Waals surface area contributed by atoms with Crippen molar-refractivity contribution < 1.29 is 28.5 Å². The Labute approximate surface area is 506 Å². The quantitative estimate of drug-likeness (QED) is 0.0674. The molecule has 0 spiro atoms. The van der Waals surface area contributed by atoms with Crippen LogP contribution in [-0.2, 0) is 48.9 Å². The van der Waals surface area contributed by atoms with Crippen LogP contribution in [0.1, 0.15) is 99.9 Å². The van der Waals surface area contributed by atoms with Crippen molar-refractivity contribution in [3.8, 4) is 35.7 Å². The number of methoxy groups -OCH3 is 2. The molecule has 4 atom stereocenters. The van der Waals surface area contributed by atoms with Crippen molar-refractivity contribution in [1.82, 2.24) is 44.4 Å². The lowest BCUT2D eigenvalue weighted by atomic mass is 9.95. The van der Waals surface area contributed by atoms with Crippen molar-refractivity contribution >= 4 is 57.6 Å². The fourth-order valence-electron chi connectivity index (χ4n) is 11.5. The van der Waals surface area contributed by atoms with Gasteiger partial charge < -0.3 is 43.4 Å². The summed E-state index contributed by atoms with van der Waals surface area (Å²) in [5.74, 6) is 3.57. The first-order valence-electron chi connectivity index (χ1n) is 27.7. The summed E-state index contributed by atoms with van der Waals surface area (Å²) in [7, 11) is 7.59. The predicted octanol–water partition coefficient (Wildman–Crippen LogP) is 9.71. The van der Waals surface area contributed by atoms with E-state index in [1.54, 1.807) is 19.1 Å². The van der Waals surface area contributed by atoms with Crippen LogP contribution in [-0.4, -0.2) is 161 Å². The largest absolute Gasteiger partial charge is 0.497 e. The second kappa shape index (κ2) is 31.6. The first-order chi connectivity index (χ1) is 39.2. The molecule has 4 fully saturated rings. The summed E-state index contributed by atoms with van der Waals surface area (Å²) in [6.07, 6.45) is 9.95. The number of hydrogen-bond donors (Lipinski definition) is 0. The molecule has 2 aromatic heterocycles. The van der Waals surface area contributed by atoms with Crippen molar-refractivity contribution in [3.05, 3.63) is 105 Å². The third kappa shape index (κ3) is 17.2. The van der Waals surface area contributed by atoms with E-state index in [-0.39, 0.29) is 33.2 Å². The third-order valence-corrected chi connectivity index (χ3v) is 16.9. The van der Waals surface area contributed by atoms with Crippen LogP contribution in [0.15, 0.2) is 61.7 Å². The minimum absolute atomic E-state index is 0. The molecule has 2 aromatic carbocycles. The van der Waals surface area contributed by atoms with Gasteiger partial charge in [0.1, 0.15) is 36.3 Å². The fraction of sp³-hybridized carbons (Fsp3) is 0.541. The normalized spacial score (nSPS) is 20.4. The summed E-state index contributed by atoms with van der Waals surface area (Å²) < 4.78 is 23.2. The Balaban J connectivity index is 0.000000242. The number of allylic oxidation sites excluding steroid dienone is 1. The average Bonchev–Trinajstić information content (AvgIpc) is 3.52. The number of nitrogens with zero attached hydrogens (tertiary/aromatic N) is 13. The summed E-state index contributed by atoms with van der Waals surface area (Å²) >= 11 is 17.7. The number of benzene rings is 2. The number of rotatable bonds is 18. The average molecular weight is 1200 g/mol. The number of carbonyl (C=O) groups is 2. The number of halogens is 3. The van der Waals surface area contributed by atoms with E-state index in [0.29, 0.717) is 107 Å². The summed E-state index contributed by atoms with van der Waals surface area (Å²) in [6, 6.07) is 17.4. The van der Waals surface area contributed by atoms with Gasteiger partial charge in [-0.25, -0.2) is 0 Å². The van der Waals surface area contributed by atoms with Crippen molar-refractivity contribution in [2.24, 2.45) is 5.92 Å². The lowest BCUT2D eigenvalue weighted by molar-refractivity contribution is -0.128. The standard InChI is InChI=1S/C29H36ClN7O3.C27H35ClN6O2.C3H3ClO.2CH4/c1-4-27(38)37-13-12-36(16-21(37)9-10-31)28-24-17-35(15-20-14-23(39-3)7-8-25(20)30)18-26(24)32-29(33-28)40-19-22-6-5-11-34(22)2;1-32-11-4-6-21(32)18-36-27-30-25-17-33(15-20-13-22(35-2)7-8-24(20)28)16-23(25)26(31-27)34-12-3-5-19(14-34)9-10-29;1-2-3(4)5;;/h4,7-8,14,21-22H,1,5-6,9,11-13,15-19H2,2-3H3;7-8,13,19,21H,3-6,9,11-12,14-18H2,1-2H3;2H,1H2;2*1H4/t21-,22-;19-,21-;;;/m00.../s1. The molecule has 1 amide bonds. The number of carbonyl (C=O) groups excluding carboxylic acids is 2. The Hall–Kier alpha value is -6.29. The molecular formula is C61H82Cl3N13O6. The molecule has 0 bridgehead atoms. The van der Waals surface area contributed by atoms with Crippen molar-refractivity contribution in [3.63, 3.8) is 0 Å². The van der Waals surface area contributed by atoms with E-state index in [0.717, 1.165) is 133 Å². The maximum atomic E-state index is 12.5. The highest BCUT2D eigenvalue weighted by atomic mass is 35.5. The Morgan fingerprint density at radius 3 is 1.57 bits per heavy atom. The number of piperazine rings is 1. The molecule has 83 heavy (non-hydrogen) atoms. The number of likely N-dealkylation sites (tertiary alicyclic amines) is 2. The van der Waals surface area contributed by atoms with E-state index in [4.69, 9.17) is 73.7 Å². The molecular weight excluding hydrogens is 1120 g/mol. The van der Waals surface area contributed by atoms with E-state index >= 15 is 0 Å². The zero-order valence-electron chi connectivity index (χ0n) is 47.0. The molecule has 6 aliphatic rings. The number of amides is 1. The maximum Gasteiger partial charge on any atom is 0.318 e. The van der Waals surface area contributed by atoms with Crippen LogP contribution in [0.2, 0.25) is 10.0 Å². The summed E-state index contributed by atoms with van der Waals surface area (Å²) in [5.41, 5.74) is 6.18. The van der Waals surface area contributed by atoms with Crippen LogP contribution in [0.25, 0.3) is 0 Å². The van der Waals surface area contributed by atoms with Crippen LogP contribution in [0, 0.1) is 28.6 Å². The van der Waals surface area contributed by atoms with E-state index < -0.39 is 5.24 Å². The third-order valence-electron chi connectivity index (χ3n) is 16.0. The van der Waals surface area contributed by atoms with Gasteiger partial charge in [-0.3, -0.25) is 19.4 Å².